The minimum absolute atomic E-state index is 0.0496. The van der Waals surface area contributed by atoms with Crippen molar-refractivity contribution in [3.8, 4) is 5.75 Å². The molecule has 0 spiro atoms. The normalized spacial score (nSPS) is 14.7. The van der Waals surface area contributed by atoms with Crippen LogP contribution in [-0.4, -0.2) is 49.5 Å². The first-order chi connectivity index (χ1) is 12.1. The second kappa shape index (κ2) is 9.76. The highest BCUT2D eigenvalue weighted by molar-refractivity contribution is 5.74. The number of urea groups is 1. The summed E-state index contributed by atoms with van der Waals surface area (Å²) < 4.78 is 10.6. The first-order valence-corrected chi connectivity index (χ1v) is 8.80. The summed E-state index contributed by atoms with van der Waals surface area (Å²) in [5.41, 5.74) is 1.11. The third-order valence-corrected chi connectivity index (χ3v) is 4.17. The van der Waals surface area contributed by atoms with Gasteiger partial charge in [-0.3, -0.25) is 0 Å². The number of ether oxygens (including phenoxy) is 2. The number of carbonyl (C=O) groups is 2. The number of benzene rings is 1. The lowest BCUT2D eigenvalue weighted by molar-refractivity contribution is 0.0956. The Morgan fingerprint density at radius 3 is 2.60 bits per heavy atom. The molecule has 3 amide bonds. The van der Waals surface area contributed by atoms with Gasteiger partial charge in [-0.1, -0.05) is 25.1 Å². The van der Waals surface area contributed by atoms with E-state index in [1.165, 1.54) is 0 Å². The van der Waals surface area contributed by atoms with Crippen LogP contribution < -0.4 is 15.4 Å². The lowest BCUT2D eigenvalue weighted by atomic mass is 10.1. The van der Waals surface area contributed by atoms with Gasteiger partial charge in [0.15, 0.2) is 6.73 Å². The Morgan fingerprint density at radius 1 is 1.20 bits per heavy atom. The monoisotopic (exact) mass is 349 g/mol. The number of likely N-dealkylation sites (tertiary alicyclic amines) is 1. The molecule has 0 bridgehead atoms. The summed E-state index contributed by atoms with van der Waals surface area (Å²) in [6.45, 7) is 5.52. The fourth-order valence-corrected chi connectivity index (χ4v) is 2.77. The lowest BCUT2D eigenvalue weighted by Crippen LogP contribution is -2.49. The summed E-state index contributed by atoms with van der Waals surface area (Å²) in [5.74, 6) is 0.785. The molecule has 7 heteroatoms. The average Bonchev–Trinajstić information content (AvgIpc) is 2.63. The van der Waals surface area contributed by atoms with Crippen LogP contribution in [0.2, 0.25) is 0 Å². The molecule has 2 rings (SSSR count). The smallest absolute Gasteiger partial charge is 0.409 e. The number of aryl methyl sites for hydroxylation is 1. The molecule has 0 radical (unpaired) electrons. The van der Waals surface area contributed by atoms with Crippen LogP contribution in [0, 0.1) is 0 Å². The van der Waals surface area contributed by atoms with Crippen LogP contribution in [-0.2, 0) is 11.2 Å². The fraction of sp³-hybridized carbons (Fsp3) is 0.556. The number of nitrogens with zero attached hydrogens (tertiary/aromatic N) is 1. The average molecular weight is 349 g/mol. The molecular formula is C18H27N3O4. The van der Waals surface area contributed by atoms with E-state index in [9.17, 15) is 9.59 Å². The van der Waals surface area contributed by atoms with Crippen molar-refractivity contribution in [1.82, 2.24) is 15.5 Å². The first kappa shape index (κ1) is 18.9. The Hall–Kier alpha value is -2.44. The molecule has 0 aliphatic carbocycles. The highest BCUT2D eigenvalue weighted by Gasteiger charge is 2.24. The minimum atomic E-state index is -0.284. The number of rotatable bonds is 6. The van der Waals surface area contributed by atoms with Gasteiger partial charge in [-0.15, -0.1) is 0 Å². The Balaban J connectivity index is 1.67. The molecule has 1 aromatic carbocycles. The van der Waals surface area contributed by atoms with E-state index >= 15 is 0 Å². The Morgan fingerprint density at radius 2 is 1.92 bits per heavy atom. The van der Waals surface area contributed by atoms with Gasteiger partial charge in [0.2, 0.25) is 0 Å². The summed E-state index contributed by atoms with van der Waals surface area (Å²) in [6, 6.07) is 7.56. The van der Waals surface area contributed by atoms with Gasteiger partial charge in [0.25, 0.3) is 0 Å². The molecule has 1 saturated heterocycles. The van der Waals surface area contributed by atoms with Crippen molar-refractivity contribution in [2.24, 2.45) is 0 Å². The number of para-hydroxylation sites is 1. The maximum atomic E-state index is 12.0. The van der Waals surface area contributed by atoms with Crippen molar-refractivity contribution < 1.29 is 19.1 Å². The van der Waals surface area contributed by atoms with Crippen molar-refractivity contribution in [2.75, 3.05) is 26.4 Å². The SMILES string of the molecule is CCOC(=O)N1CCC(NC(=O)NCOc2ccccc2CC)CC1. The van der Waals surface area contributed by atoms with Crippen LogP contribution in [0.1, 0.15) is 32.3 Å². The third kappa shape index (κ3) is 5.85. The molecule has 1 fully saturated rings. The summed E-state index contributed by atoms with van der Waals surface area (Å²) in [5, 5.41) is 5.62. The molecular weight excluding hydrogens is 322 g/mol. The number of carbonyl (C=O) groups excluding carboxylic acids is 2. The van der Waals surface area contributed by atoms with Crippen molar-refractivity contribution in [3.63, 3.8) is 0 Å². The van der Waals surface area contributed by atoms with E-state index in [0.29, 0.717) is 32.5 Å². The van der Waals surface area contributed by atoms with Gasteiger partial charge in [-0.25, -0.2) is 9.59 Å². The largest absolute Gasteiger partial charge is 0.473 e. The molecule has 2 N–H and O–H groups in total. The Labute approximate surface area is 148 Å². The van der Waals surface area contributed by atoms with Gasteiger partial charge < -0.3 is 25.0 Å². The number of hydrogen-bond donors (Lipinski definition) is 2. The highest BCUT2D eigenvalue weighted by atomic mass is 16.6. The molecule has 1 aromatic rings. The van der Waals surface area contributed by atoms with Crippen LogP contribution in [0.4, 0.5) is 9.59 Å². The summed E-state index contributed by atoms with van der Waals surface area (Å²) in [4.78, 5) is 25.3. The molecule has 1 aliphatic heterocycles. The molecule has 138 valence electrons. The molecule has 0 unspecified atom stereocenters. The van der Waals surface area contributed by atoms with Crippen LogP contribution in [0.3, 0.4) is 0 Å². The Bertz CT molecular complexity index is 571. The predicted molar refractivity (Wildman–Crippen MR) is 94.6 cm³/mol. The van der Waals surface area contributed by atoms with Gasteiger partial charge in [0.05, 0.1) is 6.61 Å². The fourth-order valence-electron chi connectivity index (χ4n) is 2.77. The number of nitrogens with one attached hydrogen (secondary N) is 2. The van der Waals surface area contributed by atoms with E-state index in [1.807, 2.05) is 24.3 Å². The number of piperidine rings is 1. The van der Waals surface area contributed by atoms with Crippen molar-refractivity contribution in [2.45, 2.75) is 39.2 Å². The van der Waals surface area contributed by atoms with Crippen molar-refractivity contribution in [3.05, 3.63) is 29.8 Å². The Kier molecular flexibility index (Phi) is 7.37. The van der Waals surface area contributed by atoms with Gasteiger partial charge in [-0.2, -0.15) is 0 Å². The van der Waals surface area contributed by atoms with E-state index < -0.39 is 0 Å². The highest BCUT2D eigenvalue weighted by Crippen LogP contribution is 2.17. The summed E-state index contributed by atoms with van der Waals surface area (Å²) in [7, 11) is 0. The number of hydrogen-bond acceptors (Lipinski definition) is 4. The zero-order valence-electron chi connectivity index (χ0n) is 14.9. The lowest BCUT2D eigenvalue weighted by Gasteiger charge is -2.31. The van der Waals surface area contributed by atoms with Crippen molar-refractivity contribution in [1.29, 1.82) is 0 Å². The topological polar surface area (TPSA) is 79.9 Å². The molecule has 1 heterocycles. The zero-order valence-corrected chi connectivity index (χ0v) is 14.9. The molecule has 0 aromatic heterocycles. The van der Waals surface area contributed by atoms with Crippen LogP contribution in [0.15, 0.2) is 24.3 Å². The first-order valence-electron chi connectivity index (χ1n) is 8.80. The van der Waals surface area contributed by atoms with Gasteiger partial charge in [-0.05, 0) is 37.8 Å². The summed E-state index contributed by atoms with van der Waals surface area (Å²) in [6.07, 6.45) is 2.02. The van der Waals surface area contributed by atoms with Gasteiger partial charge in [0, 0.05) is 19.1 Å². The van der Waals surface area contributed by atoms with Gasteiger partial charge >= 0.3 is 12.1 Å². The molecule has 7 nitrogen and oxygen atoms in total. The minimum Gasteiger partial charge on any atom is -0.473 e. The van der Waals surface area contributed by atoms with Crippen LogP contribution >= 0.6 is 0 Å². The zero-order chi connectivity index (χ0) is 18.1. The van der Waals surface area contributed by atoms with E-state index in [0.717, 1.165) is 17.7 Å². The van der Waals surface area contributed by atoms with E-state index in [1.54, 1.807) is 11.8 Å². The maximum absolute atomic E-state index is 12.0. The molecule has 0 atom stereocenters. The molecule has 25 heavy (non-hydrogen) atoms. The van der Waals surface area contributed by atoms with Gasteiger partial charge in [0.1, 0.15) is 5.75 Å². The third-order valence-electron chi connectivity index (χ3n) is 4.17. The van der Waals surface area contributed by atoms with E-state index in [-0.39, 0.29) is 24.9 Å². The summed E-state index contributed by atoms with van der Waals surface area (Å²) >= 11 is 0. The maximum Gasteiger partial charge on any atom is 0.409 e. The predicted octanol–water partition coefficient (Wildman–Crippen LogP) is 2.51. The number of amides is 3. The second-order valence-electron chi connectivity index (χ2n) is 5.86. The van der Waals surface area contributed by atoms with E-state index in [4.69, 9.17) is 9.47 Å². The van der Waals surface area contributed by atoms with Crippen molar-refractivity contribution >= 4 is 12.1 Å². The van der Waals surface area contributed by atoms with Crippen LogP contribution in [0.5, 0.6) is 5.75 Å². The molecule has 1 aliphatic rings. The van der Waals surface area contributed by atoms with Crippen LogP contribution in [0.25, 0.3) is 0 Å². The second-order valence-corrected chi connectivity index (χ2v) is 5.86. The standard InChI is InChI=1S/C18H27N3O4/c1-3-14-7-5-6-8-16(14)25-13-19-17(22)20-15-9-11-21(12-10-15)18(23)24-4-2/h5-8,15H,3-4,9-13H2,1-2H3,(H2,19,20,22). The quantitative estimate of drug-likeness (QED) is 0.774. The van der Waals surface area contributed by atoms with E-state index in [2.05, 4.69) is 17.6 Å². The molecule has 0 saturated carbocycles.